The molecule has 3 heterocycles. The van der Waals surface area contributed by atoms with Crippen molar-refractivity contribution in [1.82, 2.24) is 14.3 Å². The van der Waals surface area contributed by atoms with Crippen molar-refractivity contribution in [2.75, 3.05) is 17.3 Å². The monoisotopic (exact) mass is 336 g/mol. The molecule has 3 rings (SSSR count). The maximum Gasteiger partial charge on any atom is 0.248 e. The summed E-state index contributed by atoms with van der Waals surface area (Å²) in [6, 6.07) is 3.73. The molecule has 1 aliphatic heterocycles. The molecule has 0 saturated carbocycles. The first kappa shape index (κ1) is 15.6. The number of fused-ring (bicyclic) bond motifs is 1. The van der Waals surface area contributed by atoms with Crippen LogP contribution in [0.2, 0.25) is 0 Å². The van der Waals surface area contributed by atoms with E-state index in [-0.39, 0.29) is 11.9 Å². The van der Waals surface area contributed by atoms with Gasteiger partial charge in [0.05, 0.1) is 5.69 Å². The zero-order chi connectivity index (χ0) is 15.5. The highest BCUT2D eigenvalue weighted by Gasteiger charge is 2.25. The Kier molecular flexibility index (Phi) is 4.83. The number of hydrogen-bond donors (Lipinski definition) is 1. The molecule has 7 heteroatoms. The van der Waals surface area contributed by atoms with E-state index in [2.05, 4.69) is 16.7 Å². The van der Waals surface area contributed by atoms with Gasteiger partial charge < -0.3 is 9.88 Å². The molecule has 2 aromatic rings. The zero-order valence-electron chi connectivity index (χ0n) is 12.8. The normalized spacial score (nSPS) is 14.8. The van der Waals surface area contributed by atoms with Crippen LogP contribution in [0.5, 0.6) is 0 Å². The number of thioether (sulfide) groups is 2. The van der Waals surface area contributed by atoms with Crippen LogP contribution in [0.4, 0.5) is 5.82 Å². The summed E-state index contributed by atoms with van der Waals surface area (Å²) >= 11 is 3.61. The predicted molar refractivity (Wildman–Crippen MR) is 93.3 cm³/mol. The number of nitrogens with one attached hydrogen (secondary N) is 1. The summed E-state index contributed by atoms with van der Waals surface area (Å²) in [5.41, 5.74) is 2.28. The van der Waals surface area contributed by atoms with E-state index in [1.165, 1.54) is 5.56 Å². The van der Waals surface area contributed by atoms with Crippen LogP contribution in [0.25, 0.3) is 0 Å². The Morgan fingerprint density at radius 3 is 2.95 bits per heavy atom. The third kappa shape index (κ3) is 3.05. The summed E-state index contributed by atoms with van der Waals surface area (Å²) in [6.07, 6.45) is 6.79. The summed E-state index contributed by atoms with van der Waals surface area (Å²) < 4.78 is 3.78. The standard InChI is InChI=1S/C15H20N4OS2/c1-18-14(11-9-22-10-12(11)17-18)16-15(20)13(5-8-21-2)19-6-3-4-7-19/h3-4,6-7,13H,5,8-10H2,1-2H3,(H,16,20)/t13-/m1/s1. The van der Waals surface area contributed by atoms with Crippen molar-refractivity contribution in [3.8, 4) is 0 Å². The van der Waals surface area contributed by atoms with Gasteiger partial charge in [-0.15, -0.1) is 0 Å². The Hall–Kier alpha value is -1.34. The van der Waals surface area contributed by atoms with Gasteiger partial charge in [-0.1, -0.05) is 0 Å². The van der Waals surface area contributed by atoms with Gasteiger partial charge in [-0.2, -0.15) is 28.6 Å². The highest BCUT2D eigenvalue weighted by Crippen LogP contribution is 2.34. The largest absolute Gasteiger partial charge is 0.342 e. The van der Waals surface area contributed by atoms with Crippen LogP contribution >= 0.6 is 23.5 Å². The summed E-state index contributed by atoms with van der Waals surface area (Å²) in [5, 5.41) is 7.60. The van der Waals surface area contributed by atoms with Crippen LogP contribution in [0, 0.1) is 0 Å². The second-order valence-electron chi connectivity index (χ2n) is 5.31. The summed E-state index contributed by atoms with van der Waals surface area (Å²) in [5.74, 6) is 3.71. The number of rotatable bonds is 6. The molecule has 1 atom stereocenters. The Bertz CT molecular complexity index is 651. The van der Waals surface area contributed by atoms with Crippen molar-refractivity contribution in [1.29, 1.82) is 0 Å². The number of aryl methyl sites for hydroxylation is 1. The fourth-order valence-corrected chi connectivity index (χ4v) is 4.19. The molecule has 0 aromatic carbocycles. The van der Waals surface area contributed by atoms with Gasteiger partial charge in [0.15, 0.2) is 0 Å². The van der Waals surface area contributed by atoms with Gasteiger partial charge >= 0.3 is 0 Å². The maximum atomic E-state index is 12.8. The first-order chi connectivity index (χ1) is 10.7. The summed E-state index contributed by atoms with van der Waals surface area (Å²) in [7, 11) is 1.89. The number of nitrogens with zero attached hydrogens (tertiary/aromatic N) is 3. The van der Waals surface area contributed by atoms with Gasteiger partial charge in [0.2, 0.25) is 5.91 Å². The van der Waals surface area contributed by atoms with E-state index in [1.807, 2.05) is 47.9 Å². The third-order valence-electron chi connectivity index (χ3n) is 3.84. The van der Waals surface area contributed by atoms with E-state index in [9.17, 15) is 4.79 Å². The fourth-order valence-electron chi connectivity index (χ4n) is 2.70. The lowest BCUT2D eigenvalue weighted by Crippen LogP contribution is -2.27. The highest BCUT2D eigenvalue weighted by molar-refractivity contribution is 7.98. The second-order valence-corrected chi connectivity index (χ2v) is 7.28. The zero-order valence-corrected chi connectivity index (χ0v) is 14.4. The lowest BCUT2D eigenvalue weighted by Gasteiger charge is -2.18. The van der Waals surface area contributed by atoms with Gasteiger partial charge in [-0.05, 0) is 30.6 Å². The van der Waals surface area contributed by atoms with Gasteiger partial charge in [-0.25, -0.2) is 0 Å². The molecular weight excluding hydrogens is 316 g/mol. The molecule has 1 N–H and O–H groups in total. The minimum absolute atomic E-state index is 0.0351. The molecule has 0 fully saturated rings. The molecule has 22 heavy (non-hydrogen) atoms. The molecule has 0 spiro atoms. The molecule has 1 amide bonds. The van der Waals surface area contributed by atoms with Crippen molar-refractivity contribution in [2.45, 2.75) is 24.0 Å². The molecule has 2 aromatic heterocycles. The fraction of sp³-hybridized carbons (Fsp3) is 0.467. The average molecular weight is 336 g/mol. The first-order valence-electron chi connectivity index (χ1n) is 7.25. The number of carbonyl (C=O) groups is 1. The third-order valence-corrected chi connectivity index (χ3v) is 5.46. The number of hydrogen-bond acceptors (Lipinski definition) is 4. The van der Waals surface area contributed by atoms with Crippen molar-refractivity contribution in [3.63, 3.8) is 0 Å². The topological polar surface area (TPSA) is 51.9 Å². The molecule has 118 valence electrons. The van der Waals surface area contributed by atoms with Crippen molar-refractivity contribution in [2.24, 2.45) is 7.05 Å². The van der Waals surface area contributed by atoms with Gasteiger partial charge in [0.1, 0.15) is 11.9 Å². The van der Waals surface area contributed by atoms with E-state index in [0.29, 0.717) is 0 Å². The van der Waals surface area contributed by atoms with Crippen LogP contribution in [-0.2, 0) is 23.3 Å². The lowest BCUT2D eigenvalue weighted by molar-refractivity contribution is -0.119. The number of aromatic nitrogens is 3. The van der Waals surface area contributed by atoms with Crippen LogP contribution < -0.4 is 5.32 Å². The van der Waals surface area contributed by atoms with Crippen LogP contribution in [0.1, 0.15) is 23.7 Å². The van der Waals surface area contributed by atoms with Gasteiger partial charge in [-0.3, -0.25) is 9.48 Å². The van der Waals surface area contributed by atoms with E-state index in [4.69, 9.17) is 0 Å². The minimum Gasteiger partial charge on any atom is -0.342 e. The van der Waals surface area contributed by atoms with E-state index in [0.717, 1.165) is 35.2 Å². The maximum absolute atomic E-state index is 12.8. The second kappa shape index (κ2) is 6.83. The molecule has 0 saturated heterocycles. The average Bonchev–Trinajstić information content (AvgIpc) is 3.20. The number of amides is 1. The number of anilines is 1. The van der Waals surface area contributed by atoms with Crippen LogP contribution in [0.15, 0.2) is 24.5 Å². The SMILES string of the molecule is CSCC[C@H](C(=O)Nc1c2c(nn1C)CSC2)n1cccc1. The Morgan fingerprint density at radius 1 is 1.45 bits per heavy atom. The lowest BCUT2D eigenvalue weighted by atomic mass is 10.2. The van der Waals surface area contributed by atoms with Crippen LogP contribution in [-0.4, -0.2) is 32.3 Å². The summed E-state index contributed by atoms with van der Waals surface area (Å²) in [4.78, 5) is 12.8. The van der Waals surface area contributed by atoms with Crippen molar-refractivity contribution < 1.29 is 4.79 Å². The van der Waals surface area contributed by atoms with Gasteiger partial charge in [0.25, 0.3) is 0 Å². The molecule has 0 radical (unpaired) electrons. The Balaban J connectivity index is 1.79. The van der Waals surface area contributed by atoms with Crippen LogP contribution in [0.3, 0.4) is 0 Å². The minimum atomic E-state index is -0.179. The van der Waals surface area contributed by atoms with E-state index in [1.54, 1.807) is 16.4 Å². The Morgan fingerprint density at radius 2 is 2.23 bits per heavy atom. The summed E-state index contributed by atoms with van der Waals surface area (Å²) in [6.45, 7) is 0. The predicted octanol–water partition coefficient (Wildman–Crippen LogP) is 2.90. The molecule has 0 bridgehead atoms. The molecule has 0 unspecified atom stereocenters. The quantitative estimate of drug-likeness (QED) is 0.881. The molecule has 5 nitrogen and oxygen atoms in total. The van der Waals surface area contributed by atoms with Gasteiger partial charge in [0, 0.05) is 36.5 Å². The van der Waals surface area contributed by atoms with Crippen molar-refractivity contribution in [3.05, 3.63) is 35.8 Å². The first-order valence-corrected chi connectivity index (χ1v) is 9.80. The number of carbonyl (C=O) groups excluding carboxylic acids is 1. The van der Waals surface area contributed by atoms with Crippen molar-refractivity contribution >= 4 is 35.2 Å². The highest BCUT2D eigenvalue weighted by atomic mass is 32.2. The Labute approximate surface area is 138 Å². The molecule has 0 aliphatic carbocycles. The smallest absolute Gasteiger partial charge is 0.248 e. The van der Waals surface area contributed by atoms with E-state index < -0.39 is 0 Å². The molecular formula is C15H20N4OS2. The molecule has 1 aliphatic rings. The van der Waals surface area contributed by atoms with E-state index >= 15 is 0 Å².